The van der Waals surface area contributed by atoms with Gasteiger partial charge in [0.05, 0.1) is 6.20 Å². The number of halogens is 1. The third-order valence-corrected chi connectivity index (χ3v) is 3.10. The SMILES string of the molecule is BN=S(N)(=O)c1c(F)cnn1CC. The number of nitrogens with zero attached hydrogens (tertiary/aromatic N) is 3. The van der Waals surface area contributed by atoms with Crippen LogP contribution in [0.4, 0.5) is 4.39 Å². The summed E-state index contributed by atoms with van der Waals surface area (Å²) in [6.45, 7) is 2.16. The second-order valence-corrected chi connectivity index (χ2v) is 4.25. The molecular formula is C5H10BFN4OS. The molecule has 0 aromatic carbocycles. The second kappa shape index (κ2) is 3.47. The van der Waals surface area contributed by atoms with Gasteiger partial charge in [-0.2, -0.15) is 5.10 Å². The number of hydrogen-bond donors (Lipinski definition) is 1. The first-order chi connectivity index (χ1) is 6.03. The van der Waals surface area contributed by atoms with Crippen LogP contribution in [0.1, 0.15) is 6.92 Å². The first kappa shape index (κ1) is 10.2. The van der Waals surface area contributed by atoms with E-state index in [1.54, 1.807) is 6.92 Å². The molecule has 1 aromatic rings. The fourth-order valence-corrected chi connectivity index (χ4v) is 1.94. The average Bonchev–Trinajstić information content (AvgIpc) is 2.47. The van der Waals surface area contributed by atoms with Gasteiger partial charge in [-0.3, -0.25) is 8.96 Å². The van der Waals surface area contributed by atoms with Crippen LogP contribution in [0.2, 0.25) is 0 Å². The Morgan fingerprint density at radius 1 is 1.92 bits per heavy atom. The maximum atomic E-state index is 13.1. The molecule has 1 atom stereocenters. The smallest absolute Gasteiger partial charge is 0.259 e. The van der Waals surface area contributed by atoms with Crippen LogP contribution in [0.3, 0.4) is 0 Å². The van der Waals surface area contributed by atoms with Crippen LogP contribution in [0.15, 0.2) is 15.5 Å². The highest BCUT2D eigenvalue weighted by molar-refractivity contribution is 7.91. The predicted molar refractivity (Wildman–Crippen MR) is 49.4 cm³/mol. The van der Waals surface area contributed by atoms with E-state index < -0.39 is 15.7 Å². The van der Waals surface area contributed by atoms with E-state index in [0.717, 1.165) is 6.20 Å². The number of hydrogen-bond acceptors (Lipinski definition) is 3. The first-order valence-corrected chi connectivity index (χ1v) is 5.25. The lowest BCUT2D eigenvalue weighted by molar-refractivity contribution is 0.540. The van der Waals surface area contributed by atoms with E-state index in [1.165, 1.54) is 12.7 Å². The molecule has 72 valence electrons. The highest BCUT2D eigenvalue weighted by atomic mass is 32.2. The largest absolute Gasteiger partial charge is 0.291 e. The van der Waals surface area contributed by atoms with Crippen molar-refractivity contribution in [3.05, 3.63) is 12.0 Å². The van der Waals surface area contributed by atoms with Crippen molar-refractivity contribution < 1.29 is 8.60 Å². The van der Waals surface area contributed by atoms with Gasteiger partial charge in [0.2, 0.25) is 0 Å². The molecule has 1 unspecified atom stereocenters. The van der Waals surface area contributed by atoms with Crippen molar-refractivity contribution >= 4 is 17.9 Å². The molecule has 0 aliphatic rings. The molecular weight excluding hydrogens is 194 g/mol. The van der Waals surface area contributed by atoms with Gasteiger partial charge in [-0.1, -0.05) is 0 Å². The molecule has 5 nitrogen and oxygen atoms in total. The molecule has 0 aliphatic carbocycles. The molecule has 0 saturated heterocycles. The minimum atomic E-state index is -3.13. The van der Waals surface area contributed by atoms with Gasteiger partial charge in [-0.15, -0.1) is 0 Å². The quantitative estimate of drug-likeness (QED) is 0.646. The van der Waals surface area contributed by atoms with E-state index in [1.807, 2.05) is 0 Å². The third-order valence-electron chi connectivity index (χ3n) is 1.60. The summed E-state index contributed by atoms with van der Waals surface area (Å²) >= 11 is 0. The Hall–Kier alpha value is -0.885. The number of nitrogens with two attached hydrogens (primary N) is 1. The molecule has 2 N–H and O–H groups in total. The van der Waals surface area contributed by atoms with Crippen molar-refractivity contribution in [2.24, 2.45) is 9.41 Å². The van der Waals surface area contributed by atoms with Crippen LogP contribution in [0, 0.1) is 5.82 Å². The van der Waals surface area contributed by atoms with E-state index in [9.17, 15) is 8.60 Å². The Morgan fingerprint density at radius 2 is 2.54 bits per heavy atom. The Kier molecular flexibility index (Phi) is 2.72. The molecule has 1 heterocycles. The Balaban J connectivity index is 3.44. The zero-order valence-electron chi connectivity index (χ0n) is 7.40. The number of rotatable bonds is 2. The predicted octanol–water partition coefficient (Wildman–Crippen LogP) is -0.709. The molecule has 0 fully saturated rings. The summed E-state index contributed by atoms with van der Waals surface area (Å²) in [6.07, 6.45) is 0.983. The summed E-state index contributed by atoms with van der Waals surface area (Å²) in [6, 6.07) is 0. The summed E-state index contributed by atoms with van der Waals surface area (Å²) in [5.74, 6) is -0.681. The fraction of sp³-hybridized carbons (Fsp3) is 0.400. The normalized spacial score (nSPS) is 15.3. The van der Waals surface area contributed by atoms with Gasteiger partial charge in [0.15, 0.2) is 10.8 Å². The van der Waals surface area contributed by atoms with Gasteiger partial charge < -0.3 is 0 Å². The van der Waals surface area contributed by atoms with Crippen molar-refractivity contribution in [3.8, 4) is 0 Å². The summed E-state index contributed by atoms with van der Waals surface area (Å²) in [5, 5.41) is 8.85. The number of aryl methyl sites for hydroxylation is 1. The molecule has 8 heteroatoms. The summed E-state index contributed by atoms with van der Waals surface area (Å²) in [4.78, 5) is 0. The third kappa shape index (κ3) is 1.73. The van der Waals surface area contributed by atoms with Crippen LogP contribution in [0.25, 0.3) is 0 Å². The zero-order chi connectivity index (χ0) is 10.1. The standard InChI is InChI=1S/C5H10BFN4OS/c1-2-11-5(4(7)3-9-11)13(8,12)10-6/h3H,2,6H2,1H3,(H2,8,10,12). The number of aromatic nitrogens is 2. The van der Waals surface area contributed by atoms with Crippen LogP contribution in [-0.2, 0) is 16.5 Å². The van der Waals surface area contributed by atoms with Gasteiger partial charge in [0, 0.05) is 6.54 Å². The highest BCUT2D eigenvalue weighted by Gasteiger charge is 2.17. The minimum Gasteiger partial charge on any atom is -0.291 e. The van der Waals surface area contributed by atoms with Crippen LogP contribution >= 0.6 is 0 Å². The Bertz CT molecular complexity index is 422. The lowest BCUT2D eigenvalue weighted by atomic mass is 10.5. The molecule has 0 aliphatic heterocycles. The molecule has 1 aromatic heterocycles. The van der Waals surface area contributed by atoms with Gasteiger partial charge in [0.1, 0.15) is 9.92 Å². The van der Waals surface area contributed by atoms with Crippen molar-refractivity contribution in [3.63, 3.8) is 0 Å². The molecule has 0 saturated carbocycles. The lowest BCUT2D eigenvalue weighted by Gasteiger charge is -2.05. The Morgan fingerprint density at radius 3 is 3.00 bits per heavy atom. The Labute approximate surface area is 76.9 Å². The van der Waals surface area contributed by atoms with Crippen LogP contribution < -0.4 is 5.14 Å². The van der Waals surface area contributed by atoms with E-state index >= 15 is 0 Å². The molecule has 1 rings (SSSR count). The highest BCUT2D eigenvalue weighted by Crippen LogP contribution is 2.12. The maximum Gasteiger partial charge on any atom is 0.259 e. The molecule has 0 radical (unpaired) electrons. The molecule has 13 heavy (non-hydrogen) atoms. The topological polar surface area (TPSA) is 73.3 Å². The van der Waals surface area contributed by atoms with Crippen molar-refractivity contribution in [2.45, 2.75) is 18.5 Å². The average molecular weight is 204 g/mol. The molecule has 0 amide bonds. The van der Waals surface area contributed by atoms with E-state index in [-0.39, 0.29) is 5.03 Å². The van der Waals surface area contributed by atoms with Crippen LogP contribution in [-0.4, -0.2) is 22.0 Å². The van der Waals surface area contributed by atoms with E-state index in [0.29, 0.717) is 6.54 Å². The maximum absolute atomic E-state index is 13.1. The van der Waals surface area contributed by atoms with Crippen LogP contribution in [0.5, 0.6) is 0 Å². The fourth-order valence-electron chi connectivity index (χ4n) is 0.954. The molecule has 0 bridgehead atoms. The van der Waals surface area contributed by atoms with E-state index in [4.69, 9.17) is 5.14 Å². The lowest BCUT2D eigenvalue weighted by Crippen LogP contribution is -2.19. The van der Waals surface area contributed by atoms with Crippen molar-refractivity contribution in [1.29, 1.82) is 0 Å². The summed E-state index contributed by atoms with van der Waals surface area (Å²) in [7, 11) is -1.84. The van der Waals surface area contributed by atoms with Crippen molar-refractivity contribution in [2.75, 3.05) is 0 Å². The van der Waals surface area contributed by atoms with Crippen molar-refractivity contribution in [1.82, 2.24) is 9.78 Å². The van der Waals surface area contributed by atoms with Gasteiger partial charge in [-0.25, -0.2) is 13.7 Å². The summed E-state index contributed by atoms with van der Waals surface area (Å²) < 4.78 is 29.3. The first-order valence-electron chi connectivity index (χ1n) is 3.67. The molecule has 0 spiro atoms. The second-order valence-electron chi connectivity index (χ2n) is 2.36. The zero-order valence-corrected chi connectivity index (χ0v) is 8.21. The van der Waals surface area contributed by atoms with Gasteiger partial charge >= 0.3 is 0 Å². The minimum absolute atomic E-state index is 0.141. The summed E-state index contributed by atoms with van der Waals surface area (Å²) in [5.41, 5.74) is 0. The van der Waals surface area contributed by atoms with Gasteiger partial charge in [0.25, 0.3) is 7.98 Å². The monoisotopic (exact) mass is 204 g/mol. The van der Waals surface area contributed by atoms with E-state index in [2.05, 4.69) is 9.37 Å². The van der Waals surface area contributed by atoms with Gasteiger partial charge in [-0.05, 0) is 6.92 Å².